The molecule has 1 aromatic carbocycles. The predicted molar refractivity (Wildman–Crippen MR) is 81.9 cm³/mol. The van der Waals surface area contributed by atoms with Crippen LogP contribution in [0.4, 0.5) is 23.2 Å². The van der Waals surface area contributed by atoms with Crippen molar-refractivity contribution in [1.29, 1.82) is 5.41 Å². The Hall–Kier alpha value is -1.84. The molecule has 24 heavy (non-hydrogen) atoms. The second kappa shape index (κ2) is 5.33. The van der Waals surface area contributed by atoms with Crippen LogP contribution >= 0.6 is 0 Å². The van der Waals surface area contributed by atoms with E-state index in [0.29, 0.717) is 0 Å². The number of hydrogen-bond donors (Lipinski definition) is 3. The SMILES string of the molecule is C[C@@]1(c2cc(N)ccc2F)CS(=O)(=O)[C@](C)(CC(F)(F)F)C(=N)N1. The predicted octanol–water partition coefficient (Wildman–Crippen LogP) is 2.33. The highest BCUT2D eigenvalue weighted by atomic mass is 32.2. The molecule has 4 N–H and O–H groups in total. The van der Waals surface area contributed by atoms with Crippen molar-refractivity contribution in [2.24, 2.45) is 0 Å². The van der Waals surface area contributed by atoms with E-state index in [9.17, 15) is 26.0 Å². The normalized spacial score (nSPS) is 30.0. The van der Waals surface area contributed by atoms with Crippen molar-refractivity contribution in [2.45, 2.75) is 36.7 Å². The summed E-state index contributed by atoms with van der Waals surface area (Å²) >= 11 is 0. The van der Waals surface area contributed by atoms with E-state index in [2.05, 4.69) is 5.32 Å². The molecule has 0 unspecified atom stereocenters. The fraction of sp³-hybridized carbons (Fsp3) is 0.500. The van der Waals surface area contributed by atoms with Crippen molar-refractivity contribution in [2.75, 3.05) is 11.5 Å². The number of alkyl halides is 3. The van der Waals surface area contributed by atoms with Gasteiger partial charge in [-0.2, -0.15) is 13.2 Å². The molecule has 1 heterocycles. The molecule has 2 rings (SSSR count). The molecule has 0 bridgehead atoms. The third-order valence-corrected chi connectivity index (χ3v) is 6.90. The van der Waals surface area contributed by atoms with Crippen LogP contribution < -0.4 is 11.1 Å². The zero-order valence-electron chi connectivity index (χ0n) is 13.0. The van der Waals surface area contributed by atoms with Crippen LogP contribution in [0.2, 0.25) is 0 Å². The molecule has 0 amide bonds. The van der Waals surface area contributed by atoms with Gasteiger partial charge in [0.25, 0.3) is 0 Å². The summed E-state index contributed by atoms with van der Waals surface area (Å²) in [6.45, 7) is 2.16. The molecule has 134 valence electrons. The number of sulfone groups is 1. The fourth-order valence-electron chi connectivity index (χ4n) is 2.83. The van der Waals surface area contributed by atoms with Gasteiger partial charge >= 0.3 is 6.18 Å². The first-order valence-electron chi connectivity index (χ1n) is 6.92. The van der Waals surface area contributed by atoms with Gasteiger partial charge in [0, 0.05) is 11.3 Å². The lowest BCUT2D eigenvalue weighted by molar-refractivity contribution is -0.137. The van der Waals surface area contributed by atoms with Gasteiger partial charge < -0.3 is 11.1 Å². The molecule has 0 saturated carbocycles. The van der Waals surface area contributed by atoms with Crippen LogP contribution in [0.3, 0.4) is 0 Å². The first-order valence-corrected chi connectivity index (χ1v) is 8.57. The van der Waals surface area contributed by atoms with Crippen molar-refractivity contribution in [3.63, 3.8) is 0 Å². The summed E-state index contributed by atoms with van der Waals surface area (Å²) < 4.78 is 75.1. The number of nitrogens with one attached hydrogen (secondary N) is 2. The maximum atomic E-state index is 14.1. The maximum Gasteiger partial charge on any atom is 0.391 e. The molecule has 0 spiro atoms. The standard InChI is InChI=1S/C14H17F4N3O2S/c1-12(9-5-8(19)3-4-10(9)15)7-24(22,23)13(2,11(20)21-12)6-14(16,17)18/h3-5H,6-7,19H2,1-2H3,(H2,20,21)/t12-,13+/m0/s1. The van der Waals surface area contributed by atoms with Gasteiger partial charge in [-0.05, 0) is 32.0 Å². The summed E-state index contributed by atoms with van der Waals surface area (Å²) in [4.78, 5) is 0. The summed E-state index contributed by atoms with van der Waals surface area (Å²) in [6, 6.07) is 3.52. The Labute approximate surface area is 136 Å². The molecule has 5 nitrogen and oxygen atoms in total. The Morgan fingerprint density at radius 3 is 2.42 bits per heavy atom. The average molecular weight is 367 g/mol. The number of benzene rings is 1. The minimum atomic E-state index is -4.77. The Morgan fingerprint density at radius 1 is 1.33 bits per heavy atom. The number of nitrogens with two attached hydrogens (primary N) is 1. The van der Waals surface area contributed by atoms with Crippen LogP contribution in [0.1, 0.15) is 25.8 Å². The van der Waals surface area contributed by atoms with Gasteiger partial charge in [-0.3, -0.25) is 5.41 Å². The highest BCUT2D eigenvalue weighted by Crippen LogP contribution is 2.41. The van der Waals surface area contributed by atoms with Crippen LogP contribution in [0.15, 0.2) is 18.2 Å². The molecular formula is C14H17F4N3O2S. The topological polar surface area (TPSA) is 96.0 Å². The molecular weight excluding hydrogens is 350 g/mol. The third kappa shape index (κ3) is 3.06. The molecule has 2 atom stereocenters. The van der Waals surface area contributed by atoms with Gasteiger partial charge in [-0.25, -0.2) is 12.8 Å². The van der Waals surface area contributed by atoms with E-state index in [1.54, 1.807) is 0 Å². The fourth-order valence-corrected chi connectivity index (χ4v) is 4.88. The van der Waals surface area contributed by atoms with E-state index < -0.39 is 50.1 Å². The highest BCUT2D eigenvalue weighted by molar-refractivity contribution is 7.93. The van der Waals surface area contributed by atoms with Crippen LogP contribution in [0.5, 0.6) is 0 Å². The molecule has 0 aliphatic carbocycles. The van der Waals surface area contributed by atoms with Gasteiger partial charge in [-0.1, -0.05) is 0 Å². The Balaban J connectivity index is 2.52. The lowest BCUT2D eigenvalue weighted by atomic mass is 9.90. The first kappa shape index (κ1) is 18.5. The van der Waals surface area contributed by atoms with Gasteiger partial charge in [-0.15, -0.1) is 0 Å². The average Bonchev–Trinajstić information content (AvgIpc) is 2.37. The number of anilines is 1. The minimum absolute atomic E-state index is 0.120. The van der Waals surface area contributed by atoms with Crippen molar-refractivity contribution in [3.8, 4) is 0 Å². The van der Waals surface area contributed by atoms with Gasteiger partial charge in [0.1, 0.15) is 16.4 Å². The molecule has 0 aromatic heterocycles. The number of hydrogen-bond acceptors (Lipinski definition) is 4. The molecule has 1 fully saturated rings. The maximum absolute atomic E-state index is 14.1. The minimum Gasteiger partial charge on any atom is -0.399 e. The number of amidine groups is 1. The second-order valence-electron chi connectivity index (χ2n) is 6.35. The van der Waals surface area contributed by atoms with E-state index in [1.165, 1.54) is 19.1 Å². The number of halogens is 4. The summed E-state index contributed by atoms with van der Waals surface area (Å²) in [5, 5.41) is 10.3. The molecule has 10 heteroatoms. The van der Waals surface area contributed by atoms with Crippen molar-refractivity contribution in [1.82, 2.24) is 5.32 Å². The lowest BCUT2D eigenvalue weighted by Gasteiger charge is -2.45. The van der Waals surface area contributed by atoms with E-state index >= 15 is 0 Å². The highest BCUT2D eigenvalue weighted by Gasteiger charge is 2.57. The summed E-state index contributed by atoms with van der Waals surface area (Å²) in [7, 11) is -4.41. The van der Waals surface area contributed by atoms with E-state index in [-0.39, 0.29) is 11.3 Å². The molecule has 1 aliphatic heterocycles. The first-order chi connectivity index (χ1) is 10.7. The summed E-state index contributed by atoms with van der Waals surface area (Å²) in [6.07, 6.45) is -6.46. The number of nitrogen functional groups attached to an aromatic ring is 1. The van der Waals surface area contributed by atoms with E-state index in [1.807, 2.05) is 0 Å². The quantitative estimate of drug-likeness (QED) is 0.552. The smallest absolute Gasteiger partial charge is 0.391 e. The van der Waals surface area contributed by atoms with Crippen molar-refractivity contribution < 1.29 is 26.0 Å². The van der Waals surface area contributed by atoms with Gasteiger partial charge in [0.2, 0.25) is 0 Å². The zero-order valence-corrected chi connectivity index (χ0v) is 13.8. The number of rotatable bonds is 2. The lowest BCUT2D eigenvalue weighted by Crippen LogP contribution is -2.66. The molecule has 1 aromatic rings. The van der Waals surface area contributed by atoms with Crippen molar-refractivity contribution in [3.05, 3.63) is 29.6 Å². The zero-order chi connectivity index (χ0) is 18.6. The molecule has 0 radical (unpaired) electrons. The van der Waals surface area contributed by atoms with Gasteiger partial charge in [0.05, 0.1) is 17.7 Å². The van der Waals surface area contributed by atoms with Crippen molar-refractivity contribution >= 4 is 21.4 Å². The van der Waals surface area contributed by atoms with Crippen LogP contribution in [0, 0.1) is 11.2 Å². The van der Waals surface area contributed by atoms with E-state index in [4.69, 9.17) is 11.1 Å². The van der Waals surface area contributed by atoms with Crippen LogP contribution in [-0.4, -0.2) is 30.9 Å². The Morgan fingerprint density at radius 2 is 1.92 bits per heavy atom. The Kier molecular flexibility index (Phi) is 4.11. The largest absolute Gasteiger partial charge is 0.399 e. The third-order valence-electron chi connectivity index (χ3n) is 4.22. The molecule has 1 saturated heterocycles. The van der Waals surface area contributed by atoms with Gasteiger partial charge in [0.15, 0.2) is 9.84 Å². The second-order valence-corrected chi connectivity index (χ2v) is 8.77. The monoisotopic (exact) mass is 367 g/mol. The van der Waals surface area contributed by atoms with Crippen LogP contribution in [0.25, 0.3) is 0 Å². The summed E-state index contributed by atoms with van der Waals surface area (Å²) in [5.74, 6) is -2.38. The Bertz CT molecular complexity index is 794. The summed E-state index contributed by atoms with van der Waals surface area (Å²) in [5.41, 5.74) is 4.04. The molecule has 1 aliphatic rings. The van der Waals surface area contributed by atoms with E-state index in [0.717, 1.165) is 13.0 Å². The van der Waals surface area contributed by atoms with Crippen LogP contribution in [-0.2, 0) is 15.4 Å².